The summed E-state index contributed by atoms with van der Waals surface area (Å²) in [7, 11) is 2.15. The van der Waals surface area contributed by atoms with Crippen LogP contribution < -0.4 is 5.32 Å². The zero-order valence-electron chi connectivity index (χ0n) is 12.5. The third-order valence-electron chi connectivity index (χ3n) is 4.69. The van der Waals surface area contributed by atoms with Gasteiger partial charge in [-0.3, -0.25) is 4.79 Å². The number of fused-ring (bicyclic) bond motifs is 1. The second-order valence-corrected chi connectivity index (χ2v) is 6.86. The minimum absolute atomic E-state index is 0.0371. The summed E-state index contributed by atoms with van der Waals surface area (Å²) in [6, 6.07) is 0.370. The van der Waals surface area contributed by atoms with Crippen molar-refractivity contribution in [3.8, 4) is 0 Å². The fraction of sp³-hybridized carbons (Fsp3) is 0.533. The molecule has 0 saturated carbocycles. The van der Waals surface area contributed by atoms with Crippen molar-refractivity contribution in [2.45, 2.75) is 31.2 Å². The lowest BCUT2D eigenvalue weighted by Crippen LogP contribution is -2.33. The topological polar surface area (TPSA) is 63.1 Å². The maximum absolute atomic E-state index is 12.1. The maximum atomic E-state index is 12.1. The summed E-state index contributed by atoms with van der Waals surface area (Å²) in [5.41, 5.74) is 3.90. The number of thiazole rings is 1. The summed E-state index contributed by atoms with van der Waals surface area (Å²) in [5.74, 6) is 0.971. The minimum Gasteiger partial charge on any atom is -0.311 e. The van der Waals surface area contributed by atoms with Crippen LogP contribution in [0.4, 0.5) is 5.82 Å². The van der Waals surface area contributed by atoms with E-state index >= 15 is 0 Å². The number of carbonyl (C=O) groups is 1. The molecule has 4 heterocycles. The highest BCUT2D eigenvalue weighted by Crippen LogP contribution is 2.39. The smallest absolute Gasteiger partial charge is 0.226 e. The number of aromatic nitrogens is 3. The molecule has 0 spiro atoms. The number of amides is 1. The Morgan fingerprint density at radius 3 is 2.91 bits per heavy atom. The molecular weight excluding hydrogens is 298 g/mol. The lowest BCUT2D eigenvalue weighted by Gasteiger charge is -2.31. The normalized spacial score (nSPS) is 23.3. The Morgan fingerprint density at radius 2 is 2.18 bits per heavy atom. The van der Waals surface area contributed by atoms with Gasteiger partial charge in [-0.25, -0.2) is 9.67 Å². The van der Waals surface area contributed by atoms with Crippen LogP contribution in [0.2, 0.25) is 0 Å². The number of hydrogen-bond donors (Lipinski definition) is 1. The molecule has 2 aliphatic heterocycles. The molecule has 1 atom stereocenters. The van der Waals surface area contributed by atoms with Gasteiger partial charge in [0.05, 0.1) is 23.4 Å². The summed E-state index contributed by atoms with van der Waals surface area (Å²) in [4.78, 5) is 18.9. The molecule has 6 nitrogen and oxygen atoms in total. The highest BCUT2D eigenvalue weighted by Gasteiger charge is 2.33. The molecule has 0 radical (unpaired) electrons. The van der Waals surface area contributed by atoms with Crippen molar-refractivity contribution in [2.75, 3.05) is 25.5 Å². The number of nitrogens with one attached hydrogen (secondary N) is 1. The van der Waals surface area contributed by atoms with E-state index in [1.54, 1.807) is 11.3 Å². The van der Waals surface area contributed by atoms with Crippen LogP contribution in [-0.4, -0.2) is 45.7 Å². The third kappa shape index (κ3) is 2.34. The molecule has 116 valence electrons. The van der Waals surface area contributed by atoms with Crippen LogP contribution in [-0.2, 0) is 4.79 Å². The van der Waals surface area contributed by atoms with Gasteiger partial charge in [0.2, 0.25) is 5.91 Å². The first-order valence-electron chi connectivity index (χ1n) is 7.66. The van der Waals surface area contributed by atoms with Gasteiger partial charge < -0.3 is 10.2 Å². The Hall–Kier alpha value is -1.73. The molecule has 0 aromatic carbocycles. The van der Waals surface area contributed by atoms with E-state index in [2.05, 4.69) is 27.3 Å². The average Bonchev–Trinajstić information content (AvgIpc) is 3.16. The third-order valence-corrected chi connectivity index (χ3v) is 5.29. The molecule has 0 bridgehead atoms. The zero-order chi connectivity index (χ0) is 15.1. The average molecular weight is 317 g/mol. The fourth-order valence-corrected chi connectivity index (χ4v) is 4.02. The predicted molar refractivity (Wildman–Crippen MR) is 85.2 cm³/mol. The van der Waals surface area contributed by atoms with E-state index in [9.17, 15) is 4.79 Å². The number of piperidine rings is 1. The molecule has 1 N–H and O–H groups in total. The molecule has 1 unspecified atom stereocenters. The largest absolute Gasteiger partial charge is 0.311 e. The Morgan fingerprint density at radius 1 is 1.36 bits per heavy atom. The van der Waals surface area contributed by atoms with Gasteiger partial charge in [-0.2, -0.15) is 5.10 Å². The minimum atomic E-state index is 0.0371. The molecule has 2 aliphatic rings. The van der Waals surface area contributed by atoms with Crippen molar-refractivity contribution in [1.29, 1.82) is 0 Å². The zero-order valence-corrected chi connectivity index (χ0v) is 13.3. The number of hydrogen-bond acceptors (Lipinski definition) is 5. The second-order valence-electron chi connectivity index (χ2n) is 6.15. The molecule has 22 heavy (non-hydrogen) atoms. The van der Waals surface area contributed by atoms with E-state index in [1.807, 2.05) is 21.8 Å². The first-order valence-corrected chi connectivity index (χ1v) is 8.60. The first kappa shape index (κ1) is 13.9. The number of nitrogens with zero attached hydrogens (tertiary/aromatic N) is 4. The van der Waals surface area contributed by atoms with Gasteiger partial charge in [0, 0.05) is 23.3 Å². The van der Waals surface area contributed by atoms with E-state index in [0.29, 0.717) is 12.5 Å². The number of anilines is 1. The molecule has 1 fully saturated rings. The van der Waals surface area contributed by atoms with Crippen molar-refractivity contribution < 1.29 is 4.79 Å². The molecular formula is C15H19N5OS. The van der Waals surface area contributed by atoms with Gasteiger partial charge in [0.1, 0.15) is 5.82 Å². The van der Waals surface area contributed by atoms with Crippen molar-refractivity contribution in [3.63, 3.8) is 0 Å². The van der Waals surface area contributed by atoms with E-state index in [0.717, 1.165) is 43.0 Å². The van der Waals surface area contributed by atoms with Gasteiger partial charge in [-0.1, -0.05) is 0 Å². The number of likely N-dealkylation sites (tertiary alicyclic amines) is 1. The van der Waals surface area contributed by atoms with Gasteiger partial charge in [0.15, 0.2) is 0 Å². The molecule has 1 saturated heterocycles. The monoisotopic (exact) mass is 317 g/mol. The maximum Gasteiger partial charge on any atom is 0.226 e. The molecule has 0 aliphatic carbocycles. The van der Waals surface area contributed by atoms with E-state index in [1.165, 1.54) is 0 Å². The summed E-state index contributed by atoms with van der Waals surface area (Å²) < 4.78 is 2.03. The van der Waals surface area contributed by atoms with Crippen LogP contribution in [0.1, 0.15) is 42.5 Å². The van der Waals surface area contributed by atoms with Gasteiger partial charge in [-0.05, 0) is 33.0 Å². The predicted octanol–water partition coefficient (Wildman–Crippen LogP) is 2.08. The van der Waals surface area contributed by atoms with E-state index in [-0.39, 0.29) is 11.8 Å². The van der Waals surface area contributed by atoms with Gasteiger partial charge in [0.25, 0.3) is 0 Å². The highest BCUT2D eigenvalue weighted by molar-refractivity contribution is 7.07. The van der Waals surface area contributed by atoms with Gasteiger partial charge >= 0.3 is 0 Å². The Balaban J connectivity index is 1.68. The SMILES string of the molecule is CN1CCC(n2ncc3c2NC(=O)CC3c2cscn2)CC1. The summed E-state index contributed by atoms with van der Waals surface area (Å²) in [6.07, 6.45) is 4.51. The molecule has 1 amide bonds. The highest BCUT2D eigenvalue weighted by atomic mass is 32.1. The Bertz CT molecular complexity index is 672. The van der Waals surface area contributed by atoms with Crippen LogP contribution in [0.25, 0.3) is 0 Å². The summed E-state index contributed by atoms with van der Waals surface area (Å²) >= 11 is 1.57. The molecule has 7 heteroatoms. The number of carbonyl (C=O) groups excluding carboxylic acids is 1. The van der Waals surface area contributed by atoms with Crippen molar-refractivity contribution in [3.05, 3.63) is 28.3 Å². The summed E-state index contributed by atoms with van der Waals surface area (Å²) in [6.45, 7) is 2.14. The van der Waals surface area contributed by atoms with Crippen LogP contribution in [0.3, 0.4) is 0 Å². The molecule has 2 aromatic rings. The molecule has 4 rings (SSSR count). The number of rotatable bonds is 2. The van der Waals surface area contributed by atoms with Gasteiger partial charge in [-0.15, -0.1) is 11.3 Å². The van der Waals surface area contributed by atoms with Crippen molar-refractivity contribution >= 4 is 23.1 Å². The van der Waals surface area contributed by atoms with E-state index in [4.69, 9.17) is 0 Å². The van der Waals surface area contributed by atoms with Crippen molar-refractivity contribution in [1.82, 2.24) is 19.7 Å². The van der Waals surface area contributed by atoms with Crippen molar-refractivity contribution in [2.24, 2.45) is 0 Å². The Labute approximate surface area is 133 Å². The summed E-state index contributed by atoms with van der Waals surface area (Å²) in [5, 5.41) is 9.66. The Kier molecular flexibility index (Phi) is 3.46. The van der Waals surface area contributed by atoms with E-state index < -0.39 is 0 Å². The van der Waals surface area contributed by atoms with Crippen LogP contribution in [0.15, 0.2) is 17.1 Å². The quantitative estimate of drug-likeness (QED) is 0.921. The lowest BCUT2D eigenvalue weighted by molar-refractivity contribution is -0.116. The first-order chi connectivity index (χ1) is 10.7. The lowest BCUT2D eigenvalue weighted by atomic mass is 9.91. The van der Waals surface area contributed by atoms with Crippen LogP contribution in [0, 0.1) is 0 Å². The fourth-order valence-electron chi connectivity index (χ4n) is 3.41. The molecule has 2 aromatic heterocycles. The second kappa shape index (κ2) is 5.48. The standard InChI is InChI=1S/C15H19N5OS/c1-19-4-2-10(3-5-19)20-15-12(7-17-20)11(6-14(21)18-15)13-8-22-9-16-13/h7-11H,2-6H2,1H3,(H,18,21). The van der Waals surface area contributed by atoms with Crippen LogP contribution >= 0.6 is 11.3 Å². The van der Waals surface area contributed by atoms with Crippen LogP contribution in [0.5, 0.6) is 0 Å².